The van der Waals surface area contributed by atoms with E-state index in [-0.39, 0.29) is 22.2 Å². The monoisotopic (exact) mass is 368 g/mol. The average Bonchev–Trinajstić information content (AvgIpc) is 2.48. The van der Waals surface area contributed by atoms with Gasteiger partial charge in [0.05, 0.1) is 10.7 Å². The Balaban J connectivity index is 2.15. The first kappa shape index (κ1) is 17.9. The molecule has 0 aliphatic carbocycles. The molecule has 0 heterocycles. The van der Waals surface area contributed by atoms with Crippen LogP contribution in [-0.4, -0.2) is 25.5 Å². The lowest BCUT2D eigenvalue weighted by atomic mass is 10.1. The average molecular weight is 369 g/mol. The number of carbonyl (C=O) groups excluding carboxylic acids is 1. The number of nitrogens with one attached hydrogen (secondary N) is 1. The van der Waals surface area contributed by atoms with Crippen LogP contribution in [0.4, 0.5) is 11.4 Å². The third-order valence-electron chi connectivity index (χ3n) is 3.05. The maximum Gasteiger partial charge on any atom is 0.289 e. The van der Waals surface area contributed by atoms with Crippen LogP contribution in [0.25, 0.3) is 0 Å². The van der Waals surface area contributed by atoms with Crippen molar-refractivity contribution in [3.8, 4) is 0 Å². The van der Waals surface area contributed by atoms with Gasteiger partial charge in [-0.1, -0.05) is 23.7 Å². The highest BCUT2D eigenvalue weighted by Gasteiger charge is 2.14. The molecule has 0 saturated heterocycles. The van der Waals surface area contributed by atoms with Crippen molar-refractivity contribution in [1.82, 2.24) is 0 Å². The number of nitrogens with zero attached hydrogens (tertiary/aromatic N) is 1. The highest BCUT2D eigenvalue weighted by molar-refractivity contribution is 7.89. The summed E-state index contributed by atoms with van der Waals surface area (Å²) in [5.41, 5.74) is 0.787. The van der Waals surface area contributed by atoms with Gasteiger partial charge < -0.3 is 5.32 Å². The van der Waals surface area contributed by atoms with Crippen LogP contribution in [0.2, 0.25) is 5.02 Å². The largest absolute Gasteiger partial charge is 0.322 e. The van der Waals surface area contributed by atoms with Gasteiger partial charge in [0.1, 0.15) is 5.02 Å². The van der Waals surface area contributed by atoms with Crippen LogP contribution in [0.3, 0.4) is 0 Å². The van der Waals surface area contributed by atoms with Crippen LogP contribution < -0.4 is 5.32 Å². The van der Waals surface area contributed by atoms with E-state index in [2.05, 4.69) is 5.32 Å². The smallest absolute Gasteiger partial charge is 0.289 e. The van der Waals surface area contributed by atoms with Gasteiger partial charge in [0.15, 0.2) is 9.84 Å². The zero-order valence-electron chi connectivity index (χ0n) is 12.5. The second kappa shape index (κ2) is 6.98. The second-order valence-electron chi connectivity index (χ2n) is 5.14. The number of rotatable bonds is 5. The van der Waals surface area contributed by atoms with E-state index in [1.165, 1.54) is 24.3 Å². The number of amides is 1. The molecule has 9 heteroatoms. The number of hydrogen-bond donors (Lipinski definition) is 1. The molecule has 0 bridgehead atoms. The van der Waals surface area contributed by atoms with Gasteiger partial charge in [0.25, 0.3) is 11.6 Å². The van der Waals surface area contributed by atoms with Crippen LogP contribution in [0, 0.1) is 10.1 Å². The van der Waals surface area contributed by atoms with Crippen molar-refractivity contribution >= 4 is 38.7 Å². The third kappa shape index (κ3) is 4.77. The normalized spacial score (nSPS) is 11.1. The predicted molar refractivity (Wildman–Crippen MR) is 91.0 cm³/mol. The highest BCUT2D eigenvalue weighted by atomic mass is 35.5. The van der Waals surface area contributed by atoms with E-state index in [1.54, 1.807) is 12.1 Å². The van der Waals surface area contributed by atoms with Crippen LogP contribution >= 0.6 is 11.6 Å². The lowest BCUT2D eigenvalue weighted by molar-refractivity contribution is -0.384. The Hall–Kier alpha value is -2.45. The number of nitro groups is 1. The molecule has 1 N–H and O–H groups in total. The zero-order chi connectivity index (χ0) is 17.9. The molecule has 0 saturated carbocycles. The molecule has 0 aliphatic rings. The number of anilines is 1. The van der Waals surface area contributed by atoms with Crippen LogP contribution in [0.15, 0.2) is 42.5 Å². The fraction of sp³-hybridized carbons (Fsp3) is 0.133. The maximum atomic E-state index is 12.1. The van der Waals surface area contributed by atoms with Gasteiger partial charge in [-0.05, 0) is 29.8 Å². The van der Waals surface area contributed by atoms with Gasteiger partial charge in [-0.25, -0.2) is 8.42 Å². The standard InChI is InChI=1S/C15H13ClN2O5S/c1-24(22,23)9-10-2-4-11(5-3-10)15(19)17-12-6-7-13(16)14(8-12)18(20)21/h2-8H,9H2,1H3,(H,17,19). The summed E-state index contributed by atoms with van der Waals surface area (Å²) in [6.07, 6.45) is 1.13. The molecule has 7 nitrogen and oxygen atoms in total. The van der Waals surface area contributed by atoms with Crippen molar-refractivity contribution in [1.29, 1.82) is 0 Å². The minimum Gasteiger partial charge on any atom is -0.322 e. The number of benzene rings is 2. The Bertz CT molecular complexity index is 895. The summed E-state index contributed by atoms with van der Waals surface area (Å²) in [5, 5.41) is 13.3. The van der Waals surface area contributed by atoms with Crippen molar-refractivity contribution in [3.63, 3.8) is 0 Å². The number of nitro benzene ring substituents is 1. The number of halogens is 1. The van der Waals surface area contributed by atoms with E-state index >= 15 is 0 Å². The van der Waals surface area contributed by atoms with E-state index in [4.69, 9.17) is 11.6 Å². The second-order valence-corrected chi connectivity index (χ2v) is 7.69. The molecule has 1 amide bonds. The third-order valence-corrected chi connectivity index (χ3v) is 4.22. The van der Waals surface area contributed by atoms with E-state index in [0.717, 1.165) is 12.3 Å². The fourth-order valence-electron chi connectivity index (χ4n) is 1.99. The highest BCUT2D eigenvalue weighted by Crippen LogP contribution is 2.27. The summed E-state index contributed by atoms with van der Waals surface area (Å²) < 4.78 is 22.5. The molecule has 0 unspecified atom stereocenters. The van der Waals surface area contributed by atoms with Crippen LogP contribution in [0.1, 0.15) is 15.9 Å². The molecule has 0 atom stereocenters. The lowest BCUT2D eigenvalue weighted by Crippen LogP contribution is -2.12. The van der Waals surface area contributed by atoms with Crippen molar-refractivity contribution in [2.45, 2.75) is 5.75 Å². The minimum atomic E-state index is -3.15. The van der Waals surface area contributed by atoms with Crippen molar-refractivity contribution in [2.24, 2.45) is 0 Å². The molecule has 24 heavy (non-hydrogen) atoms. The van der Waals surface area contributed by atoms with E-state index in [1.807, 2.05) is 0 Å². The predicted octanol–water partition coefficient (Wildman–Crippen LogP) is 3.05. The van der Waals surface area contributed by atoms with Gasteiger partial charge in [-0.15, -0.1) is 0 Å². The number of sulfone groups is 1. The SMILES string of the molecule is CS(=O)(=O)Cc1ccc(C(=O)Nc2ccc(Cl)c([N+](=O)[O-])c2)cc1. The van der Waals surface area contributed by atoms with Gasteiger partial charge in [-0.2, -0.15) is 0 Å². The van der Waals surface area contributed by atoms with E-state index < -0.39 is 20.7 Å². The van der Waals surface area contributed by atoms with Crippen LogP contribution in [0.5, 0.6) is 0 Å². The zero-order valence-corrected chi connectivity index (χ0v) is 14.1. The summed E-state index contributed by atoms with van der Waals surface area (Å²) in [5.74, 6) is -0.587. The Morgan fingerprint density at radius 1 is 1.21 bits per heavy atom. The van der Waals surface area contributed by atoms with Gasteiger partial charge in [0.2, 0.25) is 0 Å². The molecular weight excluding hydrogens is 356 g/mol. The molecule has 0 radical (unpaired) electrons. The Kier molecular flexibility index (Phi) is 5.20. The Labute approximate surface area is 143 Å². The molecule has 2 aromatic carbocycles. The first-order chi connectivity index (χ1) is 11.2. The molecule has 2 aromatic rings. The lowest BCUT2D eigenvalue weighted by Gasteiger charge is -2.07. The topological polar surface area (TPSA) is 106 Å². The van der Waals surface area contributed by atoms with Gasteiger partial charge in [-0.3, -0.25) is 14.9 Å². The van der Waals surface area contributed by atoms with Crippen LogP contribution in [-0.2, 0) is 15.6 Å². The van der Waals surface area contributed by atoms with E-state index in [9.17, 15) is 23.3 Å². The molecule has 0 fully saturated rings. The molecule has 0 aromatic heterocycles. The summed E-state index contributed by atoms with van der Waals surface area (Å²) in [4.78, 5) is 22.3. The molecule has 0 aliphatic heterocycles. The molecule has 0 spiro atoms. The number of carbonyl (C=O) groups is 1. The maximum absolute atomic E-state index is 12.1. The quantitative estimate of drug-likeness (QED) is 0.644. The fourth-order valence-corrected chi connectivity index (χ4v) is 2.97. The van der Waals surface area contributed by atoms with Gasteiger partial charge in [0, 0.05) is 23.6 Å². The Morgan fingerprint density at radius 2 is 1.83 bits per heavy atom. The van der Waals surface area contributed by atoms with Crippen molar-refractivity contribution in [2.75, 3.05) is 11.6 Å². The summed E-state index contributed by atoms with van der Waals surface area (Å²) in [6.45, 7) is 0. The van der Waals surface area contributed by atoms with Crippen molar-refractivity contribution in [3.05, 3.63) is 68.7 Å². The minimum absolute atomic E-state index is 0.0249. The summed E-state index contributed by atoms with van der Waals surface area (Å²) in [7, 11) is -3.15. The molecule has 126 valence electrons. The summed E-state index contributed by atoms with van der Waals surface area (Å²) in [6, 6.07) is 9.99. The summed E-state index contributed by atoms with van der Waals surface area (Å²) >= 11 is 5.71. The van der Waals surface area contributed by atoms with E-state index in [0.29, 0.717) is 11.1 Å². The molecule has 2 rings (SSSR count). The first-order valence-corrected chi connectivity index (χ1v) is 9.11. The molecular formula is C15H13ClN2O5S. The van der Waals surface area contributed by atoms with Crippen molar-refractivity contribution < 1.29 is 18.1 Å². The Morgan fingerprint density at radius 3 is 2.38 bits per heavy atom. The number of hydrogen-bond acceptors (Lipinski definition) is 5. The first-order valence-electron chi connectivity index (χ1n) is 6.68. The van der Waals surface area contributed by atoms with Gasteiger partial charge >= 0.3 is 0 Å².